The van der Waals surface area contributed by atoms with Crippen molar-refractivity contribution in [3.63, 3.8) is 0 Å². The molecule has 0 saturated heterocycles. The van der Waals surface area contributed by atoms with Crippen LogP contribution in [0.15, 0.2) is 30.5 Å². The van der Waals surface area contributed by atoms with Gasteiger partial charge in [-0.1, -0.05) is 44.5 Å². The van der Waals surface area contributed by atoms with E-state index in [2.05, 4.69) is 61.9 Å². The number of nitrogens with one attached hydrogen (secondary N) is 1. The zero-order valence-electron chi connectivity index (χ0n) is 10.3. The SMILES string of the molecule is Cc1cccc(-c2nc(C(C)(C)C)c[nH]2)c1. The average Bonchev–Trinajstić information content (AvgIpc) is 2.65. The Hall–Kier alpha value is -1.57. The molecule has 2 heteroatoms. The van der Waals surface area contributed by atoms with E-state index in [1.807, 2.05) is 6.20 Å². The molecule has 0 spiro atoms. The number of hydrogen-bond donors (Lipinski definition) is 1. The van der Waals surface area contributed by atoms with Crippen LogP contribution in [-0.2, 0) is 5.41 Å². The summed E-state index contributed by atoms with van der Waals surface area (Å²) >= 11 is 0. The average molecular weight is 214 g/mol. The number of aromatic nitrogens is 2. The highest BCUT2D eigenvalue weighted by atomic mass is 14.9. The summed E-state index contributed by atoms with van der Waals surface area (Å²) in [4.78, 5) is 7.88. The van der Waals surface area contributed by atoms with Gasteiger partial charge < -0.3 is 4.98 Å². The van der Waals surface area contributed by atoms with Crippen molar-refractivity contribution in [3.8, 4) is 11.4 Å². The van der Waals surface area contributed by atoms with Gasteiger partial charge in [-0.2, -0.15) is 0 Å². The fraction of sp³-hybridized carbons (Fsp3) is 0.357. The van der Waals surface area contributed by atoms with Gasteiger partial charge in [0.15, 0.2) is 0 Å². The Kier molecular flexibility index (Phi) is 2.58. The van der Waals surface area contributed by atoms with Gasteiger partial charge in [-0.05, 0) is 13.0 Å². The largest absolute Gasteiger partial charge is 0.344 e. The van der Waals surface area contributed by atoms with Crippen molar-refractivity contribution in [2.75, 3.05) is 0 Å². The van der Waals surface area contributed by atoms with Crippen LogP contribution < -0.4 is 0 Å². The van der Waals surface area contributed by atoms with Gasteiger partial charge in [-0.25, -0.2) is 4.98 Å². The van der Waals surface area contributed by atoms with Crippen LogP contribution in [0.3, 0.4) is 0 Å². The number of imidazole rings is 1. The molecule has 0 aliphatic heterocycles. The summed E-state index contributed by atoms with van der Waals surface area (Å²) in [7, 11) is 0. The van der Waals surface area contributed by atoms with Gasteiger partial charge in [0.1, 0.15) is 5.82 Å². The van der Waals surface area contributed by atoms with Gasteiger partial charge in [0.2, 0.25) is 0 Å². The molecule has 84 valence electrons. The van der Waals surface area contributed by atoms with Gasteiger partial charge in [-0.3, -0.25) is 0 Å². The minimum atomic E-state index is 0.0958. The maximum Gasteiger partial charge on any atom is 0.137 e. The third-order valence-corrected chi connectivity index (χ3v) is 2.64. The van der Waals surface area contributed by atoms with Crippen LogP contribution in [0, 0.1) is 6.92 Å². The Morgan fingerprint density at radius 3 is 2.50 bits per heavy atom. The highest BCUT2D eigenvalue weighted by Crippen LogP contribution is 2.23. The summed E-state index contributed by atoms with van der Waals surface area (Å²) in [6.07, 6.45) is 2.00. The number of nitrogens with zero attached hydrogens (tertiary/aromatic N) is 1. The van der Waals surface area contributed by atoms with Crippen LogP contribution >= 0.6 is 0 Å². The number of rotatable bonds is 1. The first-order chi connectivity index (χ1) is 7.47. The Morgan fingerprint density at radius 2 is 1.94 bits per heavy atom. The van der Waals surface area contributed by atoms with E-state index >= 15 is 0 Å². The van der Waals surface area contributed by atoms with Crippen LogP contribution in [0.5, 0.6) is 0 Å². The molecule has 1 heterocycles. The van der Waals surface area contributed by atoms with Crippen molar-refractivity contribution in [2.45, 2.75) is 33.1 Å². The Morgan fingerprint density at radius 1 is 1.19 bits per heavy atom. The third-order valence-electron chi connectivity index (χ3n) is 2.64. The smallest absolute Gasteiger partial charge is 0.137 e. The Bertz CT molecular complexity index is 489. The molecule has 0 radical (unpaired) electrons. The molecular weight excluding hydrogens is 196 g/mol. The lowest BCUT2D eigenvalue weighted by molar-refractivity contribution is 0.573. The van der Waals surface area contributed by atoms with E-state index in [9.17, 15) is 0 Å². The van der Waals surface area contributed by atoms with Crippen LogP contribution in [0.1, 0.15) is 32.0 Å². The van der Waals surface area contributed by atoms with E-state index in [4.69, 9.17) is 0 Å². The van der Waals surface area contributed by atoms with Crippen molar-refractivity contribution in [2.24, 2.45) is 0 Å². The van der Waals surface area contributed by atoms with E-state index in [1.165, 1.54) is 5.56 Å². The van der Waals surface area contributed by atoms with Gasteiger partial charge >= 0.3 is 0 Å². The Balaban J connectivity index is 2.39. The van der Waals surface area contributed by atoms with Crippen molar-refractivity contribution < 1.29 is 0 Å². The van der Waals surface area contributed by atoms with Gasteiger partial charge in [-0.15, -0.1) is 0 Å². The molecule has 2 rings (SSSR count). The van der Waals surface area contributed by atoms with E-state index in [-0.39, 0.29) is 5.41 Å². The molecule has 1 aromatic carbocycles. The number of hydrogen-bond acceptors (Lipinski definition) is 1. The fourth-order valence-electron chi connectivity index (χ4n) is 1.65. The maximum atomic E-state index is 4.64. The lowest BCUT2D eigenvalue weighted by Gasteiger charge is -2.13. The monoisotopic (exact) mass is 214 g/mol. The summed E-state index contributed by atoms with van der Waals surface area (Å²) < 4.78 is 0. The summed E-state index contributed by atoms with van der Waals surface area (Å²) in [5.74, 6) is 0.952. The first-order valence-corrected chi connectivity index (χ1v) is 5.60. The second kappa shape index (κ2) is 3.78. The van der Waals surface area contributed by atoms with Crippen LogP contribution in [0.25, 0.3) is 11.4 Å². The molecule has 0 amide bonds. The number of H-pyrrole nitrogens is 1. The highest BCUT2D eigenvalue weighted by molar-refractivity contribution is 5.56. The van der Waals surface area contributed by atoms with Gasteiger partial charge in [0, 0.05) is 17.2 Å². The van der Waals surface area contributed by atoms with Gasteiger partial charge in [0.05, 0.1) is 5.69 Å². The van der Waals surface area contributed by atoms with Crippen molar-refractivity contribution in [3.05, 3.63) is 41.7 Å². The molecule has 0 aliphatic rings. The first kappa shape index (κ1) is 10.9. The number of aryl methyl sites for hydroxylation is 1. The second-order valence-electron chi connectivity index (χ2n) is 5.25. The zero-order chi connectivity index (χ0) is 11.8. The second-order valence-corrected chi connectivity index (χ2v) is 5.25. The Labute approximate surface area is 96.7 Å². The predicted molar refractivity (Wildman–Crippen MR) is 67.5 cm³/mol. The van der Waals surface area contributed by atoms with E-state index in [0.29, 0.717) is 0 Å². The summed E-state index contributed by atoms with van der Waals surface area (Å²) in [6, 6.07) is 8.38. The molecule has 0 fully saturated rings. The molecule has 0 saturated carbocycles. The molecule has 0 bridgehead atoms. The molecule has 0 aliphatic carbocycles. The van der Waals surface area contributed by atoms with Crippen molar-refractivity contribution in [1.29, 1.82) is 0 Å². The standard InChI is InChI=1S/C14H18N2/c1-10-6-5-7-11(8-10)13-15-9-12(16-13)14(2,3)4/h5-9H,1-4H3,(H,15,16). The normalized spacial score (nSPS) is 11.8. The summed E-state index contributed by atoms with van der Waals surface area (Å²) in [6.45, 7) is 8.60. The summed E-state index contributed by atoms with van der Waals surface area (Å²) in [5, 5.41) is 0. The molecular formula is C14H18N2. The summed E-state index contributed by atoms with van der Waals surface area (Å²) in [5.41, 5.74) is 3.60. The topological polar surface area (TPSA) is 28.7 Å². The molecule has 0 atom stereocenters. The molecule has 1 aromatic heterocycles. The third kappa shape index (κ3) is 2.16. The molecule has 0 unspecified atom stereocenters. The van der Waals surface area contributed by atoms with Gasteiger partial charge in [0.25, 0.3) is 0 Å². The van der Waals surface area contributed by atoms with Crippen LogP contribution in [0.2, 0.25) is 0 Å². The number of benzene rings is 1. The zero-order valence-corrected chi connectivity index (χ0v) is 10.3. The first-order valence-electron chi connectivity index (χ1n) is 5.60. The lowest BCUT2D eigenvalue weighted by Crippen LogP contribution is -2.11. The van der Waals surface area contributed by atoms with E-state index in [1.54, 1.807) is 0 Å². The molecule has 2 aromatic rings. The number of aromatic amines is 1. The molecule has 16 heavy (non-hydrogen) atoms. The van der Waals surface area contributed by atoms with E-state index < -0.39 is 0 Å². The van der Waals surface area contributed by atoms with E-state index in [0.717, 1.165) is 17.1 Å². The van der Waals surface area contributed by atoms with Crippen LogP contribution in [0.4, 0.5) is 0 Å². The minimum Gasteiger partial charge on any atom is -0.344 e. The minimum absolute atomic E-state index is 0.0958. The molecule has 1 N–H and O–H groups in total. The maximum absolute atomic E-state index is 4.64. The van der Waals surface area contributed by atoms with Crippen molar-refractivity contribution in [1.82, 2.24) is 9.97 Å². The highest BCUT2D eigenvalue weighted by Gasteiger charge is 2.17. The fourth-order valence-corrected chi connectivity index (χ4v) is 1.65. The quantitative estimate of drug-likeness (QED) is 0.770. The predicted octanol–water partition coefficient (Wildman–Crippen LogP) is 3.68. The van der Waals surface area contributed by atoms with Crippen molar-refractivity contribution >= 4 is 0 Å². The molecule has 2 nitrogen and oxygen atoms in total. The van der Waals surface area contributed by atoms with Crippen LogP contribution in [-0.4, -0.2) is 9.97 Å². The lowest BCUT2D eigenvalue weighted by atomic mass is 9.93.